The summed E-state index contributed by atoms with van der Waals surface area (Å²) in [7, 11) is 0. The van der Waals surface area contributed by atoms with E-state index in [1.165, 1.54) is 4.57 Å². The van der Waals surface area contributed by atoms with E-state index >= 15 is 0 Å². The average Bonchev–Trinajstić information content (AvgIpc) is 2.68. The molecular formula is C19H24N4O4S. The first-order valence-electron chi connectivity index (χ1n) is 8.95. The Kier molecular flexibility index (Phi) is 8.70. The third kappa shape index (κ3) is 6.21. The van der Waals surface area contributed by atoms with E-state index in [9.17, 15) is 14.4 Å². The molecule has 1 aromatic heterocycles. The van der Waals surface area contributed by atoms with Gasteiger partial charge in [-0.05, 0) is 25.5 Å². The fraction of sp³-hybridized carbons (Fsp3) is 0.368. The van der Waals surface area contributed by atoms with Gasteiger partial charge >= 0.3 is 6.03 Å². The highest BCUT2D eigenvalue weighted by atomic mass is 32.2. The average molecular weight is 404 g/mol. The van der Waals surface area contributed by atoms with Gasteiger partial charge in [0.15, 0.2) is 5.16 Å². The van der Waals surface area contributed by atoms with Crippen molar-refractivity contribution in [3.05, 3.63) is 47.3 Å². The van der Waals surface area contributed by atoms with Crippen LogP contribution >= 0.6 is 11.8 Å². The maximum absolute atomic E-state index is 12.6. The molecule has 0 unspecified atom stereocenters. The van der Waals surface area contributed by atoms with Crippen LogP contribution in [-0.4, -0.2) is 47.0 Å². The van der Waals surface area contributed by atoms with Crippen molar-refractivity contribution in [2.45, 2.75) is 25.0 Å². The van der Waals surface area contributed by atoms with Crippen molar-refractivity contribution in [1.82, 2.24) is 20.2 Å². The molecule has 28 heavy (non-hydrogen) atoms. The quantitative estimate of drug-likeness (QED) is 0.271. The van der Waals surface area contributed by atoms with Crippen molar-refractivity contribution in [3.63, 3.8) is 0 Å². The Bertz CT molecular complexity index is 897. The van der Waals surface area contributed by atoms with E-state index in [2.05, 4.69) is 22.2 Å². The molecule has 2 N–H and O–H groups in total. The molecule has 0 spiro atoms. The topological polar surface area (TPSA) is 102 Å². The summed E-state index contributed by atoms with van der Waals surface area (Å²) in [5, 5.41) is 5.75. The molecule has 1 heterocycles. The molecule has 0 radical (unpaired) electrons. The second-order valence-corrected chi connectivity index (χ2v) is 6.70. The third-order valence-electron chi connectivity index (χ3n) is 3.68. The van der Waals surface area contributed by atoms with Gasteiger partial charge in [0.25, 0.3) is 5.56 Å². The number of nitrogens with one attached hydrogen (secondary N) is 2. The Morgan fingerprint density at radius 3 is 2.89 bits per heavy atom. The Morgan fingerprint density at radius 2 is 2.14 bits per heavy atom. The van der Waals surface area contributed by atoms with Gasteiger partial charge in [-0.15, -0.1) is 6.58 Å². The highest BCUT2D eigenvalue weighted by Crippen LogP contribution is 2.17. The minimum absolute atomic E-state index is 0.0473. The highest BCUT2D eigenvalue weighted by molar-refractivity contribution is 7.99. The molecule has 0 aliphatic carbocycles. The summed E-state index contributed by atoms with van der Waals surface area (Å²) in [5.74, 6) is -0.520. The van der Waals surface area contributed by atoms with Crippen molar-refractivity contribution >= 4 is 34.6 Å². The van der Waals surface area contributed by atoms with E-state index in [1.54, 1.807) is 30.3 Å². The van der Waals surface area contributed by atoms with Gasteiger partial charge in [-0.25, -0.2) is 9.78 Å². The van der Waals surface area contributed by atoms with Gasteiger partial charge in [0.05, 0.1) is 16.7 Å². The number of allylic oxidation sites excluding steroid dienone is 1. The van der Waals surface area contributed by atoms with Crippen molar-refractivity contribution in [1.29, 1.82) is 0 Å². The van der Waals surface area contributed by atoms with E-state index in [0.717, 1.165) is 11.8 Å². The number of para-hydroxylation sites is 1. The number of thioether (sulfide) groups is 1. The predicted molar refractivity (Wildman–Crippen MR) is 110 cm³/mol. The van der Waals surface area contributed by atoms with Crippen molar-refractivity contribution in [2.75, 3.05) is 25.5 Å². The fourth-order valence-electron chi connectivity index (χ4n) is 2.41. The lowest BCUT2D eigenvalue weighted by molar-refractivity contribution is -0.117. The predicted octanol–water partition coefficient (Wildman–Crippen LogP) is 1.93. The van der Waals surface area contributed by atoms with Crippen LogP contribution in [0.1, 0.15) is 13.3 Å². The van der Waals surface area contributed by atoms with Gasteiger partial charge in [-0.2, -0.15) is 0 Å². The lowest BCUT2D eigenvalue weighted by Crippen LogP contribution is -2.41. The van der Waals surface area contributed by atoms with Crippen LogP contribution in [-0.2, 0) is 16.1 Å². The number of fused-ring (bicyclic) bond motifs is 1. The number of carbonyl (C=O) groups is 2. The molecule has 150 valence electrons. The maximum atomic E-state index is 12.6. The van der Waals surface area contributed by atoms with Gasteiger partial charge < -0.3 is 10.1 Å². The van der Waals surface area contributed by atoms with Crippen LogP contribution in [0.4, 0.5) is 4.79 Å². The molecule has 8 nitrogen and oxygen atoms in total. The number of hydrogen-bond acceptors (Lipinski definition) is 6. The van der Waals surface area contributed by atoms with E-state index in [0.29, 0.717) is 42.2 Å². The summed E-state index contributed by atoms with van der Waals surface area (Å²) >= 11 is 1.09. The van der Waals surface area contributed by atoms with Crippen LogP contribution in [0.15, 0.2) is 46.9 Å². The van der Waals surface area contributed by atoms with Gasteiger partial charge in [-0.1, -0.05) is 30.0 Å². The zero-order chi connectivity index (χ0) is 20.4. The number of imide groups is 1. The Labute approximate surface area is 167 Å². The number of carbonyl (C=O) groups excluding carboxylic acids is 2. The molecule has 0 saturated carbocycles. The van der Waals surface area contributed by atoms with Gasteiger partial charge in [-0.3, -0.25) is 19.5 Å². The van der Waals surface area contributed by atoms with Gasteiger partial charge in [0, 0.05) is 26.3 Å². The Balaban J connectivity index is 1.96. The molecule has 9 heteroatoms. The molecule has 0 saturated heterocycles. The van der Waals surface area contributed by atoms with Crippen molar-refractivity contribution in [2.24, 2.45) is 0 Å². The summed E-state index contributed by atoms with van der Waals surface area (Å²) in [6.45, 7) is 7.43. The molecule has 1 aromatic carbocycles. The summed E-state index contributed by atoms with van der Waals surface area (Å²) in [6, 6.07) is 6.47. The summed E-state index contributed by atoms with van der Waals surface area (Å²) in [6.07, 6.45) is 2.26. The van der Waals surface area contributed by atoms with Crippen LogP contribution in [0.25, 0.3) is 10.9 Å². The zero-order valence-corrected chi connectivity index (χ0v) is 16.6. The largest absolute Gasteiger partial charge is 0.382 e. The SMILES string of the molecule is C=CCn1c(SCC(=O)NC(=O)NCCCOCC)nc2ccccc2c1=O. The normalized spacial score (nSPS) is 10.6. The van der Waals surface area contributed by atoms with E-state index in [-0.39, 0.29) is 17.9 Å². The van der Waals surface area contributed by atoms with Crippen LogP contribution < -0.4 is 16.2 Å². The summed E-state index contributed by atoms with van der Waals surface area (Å²) < 4.78 is 6.63. The smallest absolute Gasteiger partial charge is 0.321 e. The second kappa shape index (κ2) is 11.3. The highest BCUT2D eigenvalue weighted by Gasteiger charge is 2.13. The molecule has 0 atom stereocenters. The van der Waals surface area contributed by atoms with Crippen LogP contribution in [0.3, 0.4) is 0 Å². The number of hydrogen-bond donors (Lipinski definition) is 2. The van der Waals surface area contributed by atoms with Crippen LogP contribution in [0.2, 0.25) is 0 Å². The van der Waals surface area contributed by atoms with Crippen molar-refractivity contribution in [3.8, 4) is 0 Å². The number of nitrogens with zero attached hydrogens (tertiary/aromatic N) is 2. The van der Waals surface area contributed by atoms with E-state index in [1.807, 2.05) is 6.92 Å². The molecule has 0 aliphatic rings. The number of ether oxygens (including phenoxy) is 1. The number of aromatic nitrogens is 2. The minimum Gasteiger partial charge on any atom is -0.382 e. The lowest BCUT2D eigenvalue weighted by Gasteiger charge is -2.11. The second-order valence-electron chi connectivity index (χ2n) is 5.76. The molecule has 2 aromatic rings. The molecule has 3 amide bonds. The lowest BCUT2D eigenvalue weighted by atomic mass is 10.2. The number of rotatable bonds is 10. The fourth-order valence-corrected chi connectivity index (χ4v) is 3.21. The van der Waals surface area contributed by atoms with Crippen LogP contribution in [0, 0.1) is 0 Å². The van der Waals surface area contributed by atoms with Gasteiger partial charge in [0.1, 0.15) is 0 Å². The van der Waals surface area contributed by atoms with E-state index < -0.39 is 11.9 Å². The Hall–Kier alpha value is -2.65. The summed E-state index contributed by atoms with van der Waals surface area (Å²) in [5.41, 5.74) is 0.364. The maximum Gasteiger partial charge on any atom is 0.321 e. The van der Waals surface area contributed by atoms with Gasteiger partial charge in [0.2, 0.25) is 5.91 Å². The molecule has 0 fully saturated rings. The van der Waals surface area contributed by atoms with Crippen LogP contribution in [0.5, 0.6) is 0 Å². The number of benzene rings is 1. The monoisotopic (exact) mass is 404 g/mol. The summed E-state index contributed by atoms with van der Waals surface area (Å²) in [4.78, 5) is 40.9. The molecule has 2 rings (SSSR count). The first kappa shape index (κ1) is 21.6. The minimum atomic E-state index is -0.558. The first-order valence-corrected chi connectivity index (χ1v) is 9.94. The standard InChI is InChI=1S/C19H24N4O4S/c1-3-11-23-17(25)14-8-5-6-9-15(14)21-19(23)28-13-16(24)22-18(26)20-10-7-12-27-4-2/h3,5-6,8-9H,1,4,7,10-13H2,2H3,(H2,20,22,24,26). The van der Waals surface area contributed by atoms with Crippen molar-refractivity contribution < 1.29 is 14.3 Å². The zero-order valence-electron chi connectivity index (χ0n) is 15.8. The first-order chi connectivity index (χ1) is 13.6. The molecule has 0 bridgehead atoms. The Morgan fingerprint density at radius 1 is 1.36 bits per heavy atom. The molecule has 0 aliphatic heterocycles. The van der Waals surface area contributed by atoms with E-state index in [4.69, 9.17) is 4.74 Å². The number of urea groups is 1. The third-order valence-corrected chi connectivity index (χ3v) is 4.66. The molecular weight excluding hydrogens is 380 g/mol. The number of amides is 3.